The number of aromatic nitrogens is 5. The lowest BCUT2D eigenvalue weighted by atomic mass is 9.76. The standard InChI is InChI=1S/C30H38ClF2N7O/c1-16(2)40(14-18-10-25(30(3,41)13-18)39-7-6-20-28(34)35-15-36-29(20)39)19-8-17(9-19)4-5-26-37-23-11-21(27(32)33)22(31)12-24(23)38-26/h6-7,11-12,15-19,25,27,41H,4-5,8-10,13-14H2,1-3H3,(H,37,38)(H2,34,35,36). The Morgan fingerprint density at radius 2 is 2.00 bits per heavy atom. The highest BCUT2D eigenvalue weighted by Crippen LogP contribution is 2.46. The number of rotatable bonds is 9. The number of halogens is 3. The number of aliphatic hydroxyl groups is 1. The van der Waals surface area contributed by atoms with E-state index in [0.29, 0.717) is 40.8 Å². The molecule has 4 N–H and O–H groups in total. The van der Waals surface area contributed by atoms with Gasteiger partial charge in [0.25, 0.3) is 6.43 Å². The van der Waals surface area contributed by atoms with E-state index in [4.69, 9.17) is 17.3 Å². The van der Waals surface area contributed by atoms with Crippen LogP contribution in [0.5, 0.6) is 0 Å². The Labute approximate surface area is 243 Å². The summed E-state index contributed by atoms with van der Waals surface area (Å²) < 4.78 is 28.5. The molecule has 4 aromatic rings. The molecule has 0 aliphatic heterocycles. The number of hydrogen-bond donors (Lipinski definition) is 3. The van der Waals surface area contributed by atoms with Crippen LogP contribution in [0.2, 0.25) is 5.02 Å². The zero-order valence-corrected chi connectivity index (χ0v) is 24.5. The molecule has 0 amide bonds. The molecule has 41 heavy (non-hydrogen) atoms. The third kappa shape index (κ3) is 5.42. The van der Waals surface area contributed by atoms with Crippen molar-refractivity contribution in [1.82, 2.24) is 29.4 Å². The average molecular weight is 586 g/mol. The highest BCUT2D eigenvalue weighted by atomic mass is 35.5. The van der Waals surface area contributed by atoms with Gasteiger partial charge in [0, 0.05) is 36.8 Å². The van der Waals surface area contributed by atoms with E-state index in [9.17, 15) is 13.9 Å². The van der Waals surface area contributed by atoms with Gasteiger partial charge in [0.1, 0.15) is 23.6 Å². The number of alkyl halides is 2. The molecule has 220 valence electrons. The Hall–Kier alpha value is -2.82. The van der Waals surface area contributed by atoms with Crippen LogP contribution >= 0.6 is 11.6 Å². The lowest BCUT2D eigenvalue weighted by molar-refractivity contribution is 0.0164. The Kier molecular flexibility index (Phi) is 7.45. The van der Waals surface area contributed by atoms with Crippen molar-refractivity contribution < 1.29 is 13.9 Å². The second-order valence-corrected chi connectivity index (χ2v) is 13.0. The summed E-state index contributed by atoms with van der Waals surface area (Å²) in [6.45, 7) is 7.40. The van der Waals surface area contributed by atoms with Gasteiger partial charge in [0.15, 0.2) is 0 Å². The molecule has 2 saturated carbocycles. The minimum absolute atomic E-state index is 0.0524. The normalized spacial score (nSPS) is 26.7. The van der Waals surface area contributed by atoms with Crippen molar-refractivity contribution in [2.45, 2.75) is 89.4 Å². The van der Waals surface area contributed by atoms with Gasteiger partial charge >= 0.3 is 0 Å². The number of H-pyrrole nitrogens is 1. The fraction of sp³-hybridized carbons (Fsp3) is 0.567. The molecule has 0 spiro atoms. The van der Waals surface area contributed by atoms with Crippen LogP contribution < -0.4 is 5.73 Å². The van der Waals surface area contributed by atoms with Crippen molar-refractivity contribution in [3.8, 4) is 0 Å². The maximum atomic E-state index is 13.2. The zero-order valence-electron chi connectivity index (χ0n) is 23.7. The number of aromatic amines is 1. The summed E-state index contributed by atoms with van der Waals surface area (Å²) in [5, 5.41) is 12.3. The van der Waals surface area contributed by atoms with E-state index in [1.807, 2.05) is 19.2 Å². The highest BCUT2D eigenvalue weighted by molar-refractivity contribution is 6.32. The summed E-state index contributed by atoms with van der Waals surface area (Å²) in [5.41, 5.74) is 7.05. The summed E-state index contributed by atoms with van der Waals surface area (Å²) >= 11 is 6.01. The number of benzene rings is 1. The molecule has 3 heterocycles. The summed E-state index contributed by atoms with van der Waals surface area (Å²) in [6, 6.07) is 5.72. The second-order valence-electron chi connectivity index (χ2n) is 12.6. The second kappa shape index (κ2) is 10.8. The third-order valence-electron chi connectivity index (χ3n) is 9.34. The predicted octanol–water partition coefficient (Wildman–Crippen LogP) is 6.30. The molecule has 3 atom stereocenters. The van der Waals surface area contributed by atoms with Crippen LogP contribution in [0.4, 0.5) is 14.6 Å². The molecule has 0 bridgehead atoms. The van der Waals surface area contributed by atoms with Crippen molar-refractivity contribution in [2.75, 3.05) is 12.3 Å². The molecule has 2 aliphatic rings. The SMILES string of the molecule is CC(C)N(CC1CC(n2ccc3c(N)ncnc32)C(C)(O)C1)C1CC(CCc2nc3cc(Cl)c(C(F)F)cc3[nH]2)C1. The molecule has 3 aromatic heterocycles. The predicted molar refractivity (Wildman–Crippen MR) is 157 cm³/mol. The Morgan fingerprint density at radius 3 is 2.73 bits per heavy atom. The summed E-state index contributed by atoms with van der Waals surface area (Å²) in [6.07, 6.45) is 6.50. The maximum absolute atomic E-state index is 13.2. The summed E-state index contributed by atoms with van der Waals surface area (Å²) in [4.78, 5) is 19.0. The number of nitrogen functional groups attached to an aromatic ring is 1. The number of nitrogens with two attached hydrogens (primary N) is 1. The number of hydrogen-bond acceptors (Lipinski definition) is 6. The molecule has 2 fully saturated rings. The topological polar surface area (TPSA) is 109 Å². The van der Waals surface area contributed by atoms with E-state index in [-0.39, 0.29) is 16.6 Å². The van der Waals surface area contributed by atoms with Gasteiger partial charge in [-0.3, -0.25) is 4.90 Å². The Bertz CT molecular complexity index is 1540. The first-order valence-corrected chi connectivity index (χ1v) is 14.9. The number of anilines is 1. The number of aryl methyl sites for hydroxylation is 1. The van der Waals surface area contributed by atoms with Gasteiger partial charge in [-0.15, -0.1) is 0 Å². The minimum atomic E-state index is -2.61. The lowest BCUT2D eigenvalue weighted by Gasteiger charge is -2.46. The monoisotopic (exact) mass is 585 g/mol. The van der Waals surface area contributed by atoms with Crippen LogP contribution in [-0.4, -0.2) is 58.7 Å². The molecule has 6 rings (SSSR count). The summed E-state index contributed by atoms with van der Waals surface area (Å²) in [5.74, 6) is 2.24. The third-order valence-corrected chi connectivity index (χ3v) is 9.67. The van der Waals surface area contributed by atoms with Crippen LogP contribution in [0.25, 0.3) is 22.1 Å². The van der Waals surface area contributed by atoms with Crippen LogP contribution in [0.15, 0.2) is 30.7 Å². The van der Waals surface area contributed by atoms with E-state index >= 15 is 0 Å². The van der Waals surface area contributed by atoms with E-state index in [1.54, 1.807) is 0 Å². The van der Waals surface area contributed by atoms with Crippen molar-refractivity contribution in [3.05, 3.63) is 47.1 Å². The fourth-order valence-corrected chi connectivity index (χ4v) is 7.42. The quantitative estimate of drug-likeness (QED) is 0.212. The molecular weight excluding hydrogens is 548 g/mol. The number of fused-ring (bicyclic) bond motifs is 2. The number of nitrogens with zero attached hydrogens (tertiary/aromatic N) is 5. The molecule has 0 saturated heterocycles. The van der Waals surface area contributed by atoms with Gasteiger partial charge in [-0.2, -0.15) is 0 Å². The smallest absolute Gasteiger partial charge is 0.265 e. The number of imidazole rings is 1. The minimum Gasteiger partial charge on any atom is -0.388 e. The lowest BCUT2D eigenvalue weighted by Crippen LogP contribution is -2.49. The number of nitrogens with one attached hydrogen (secondary N) is 1. The van der Waals surface area contributed by atoms with E-state index in [0.717, 1.165) is 61.9 Å². The first-order valence-electron chi connectivity index (χ1n) is 14.5. The summed E-state index contributed by atoms with van der Waals surface area (Å²) in [7, 11) is 0. The zero-order chi connectivity index (χ0) is 29.1. The molecule has 2 aliphatic carbocycles. The van der Waals surface area contributed by atoms with Gasteiger partial charge in [-0.25, -0.2) is 23.7 Å². The van der Waals surface area contributed by atoms with Gasteiger partial charge in [0.05, 0.1) is 33.1 Å². The fourth-order valence-electron chi connectivity index (χ4n) is 7.18. The average Bonchev–Trinajstić information content (AvgIpc) is 3.56. The van der Waals surface area contributed by atoms with Gasteiger partial charge in [0.2, 0.25) is 0 Å². The molecular formula is C30H38ClF2N7O. The first-order chi connectivity index (χ1) is 19.5. The Balaban J connectivity index is 1.06. The van der Waals surface area contributed by atoms with Gasteiger partial charge in [-0.1, -0.05) is 11.6 Å². The van der Waals surface area contributed by atoms with Gasteiger partial charge in [-0.05, 0) is 82.9 Å². The molecule has 1 aromatic carbocycles. The van der Waals surface area contributed by atoms with Crippen LogP contribution in [0.3, 0.4) is 0 Å². The highest BCUT2D eigenvalue weighted by Gasteiger charge is 2.46. The molecule has 11 heteroatoms. The van der Waals surface area contributed by atoms with E-state index in [1.165, 1.54) is 18.5 Å². The molecule has 8 nitrogen and oxygen atoms in total. The van der Waals surface area contributed by atoms with Crippen molar-refractivity contribution in [2.24, 2.45) is 11.8 Å². The van der Waals surface area contributed by atoms with Crippen molar-refractivity contribution in [3.63, 3.8) is 0 Å². The molecule has 0 radical (unpaired) electrons. The van der Waals surface area contributed by atoms with Crippen LogP contribution in [0.1, 0.15) is 76.7 Å². The maximum Gasteiger partial charge on any atom is 0.265 e. The first kappa shape index (κ1) is 28.3. The van der Waals surface area contributed by atoms with E-state index in [2.05, 4.69) is 43.3 Å². The van der Waals surface area contributed by atoms with E-state index < -0.39 is 12.0 Å². The van der Waals surface area contributed by atoms with Gasteiger partial charge < -0.3 is 20.4 Å². The van der Waals surface area contributed by atoms with Crippen LogP contribution in [0, 0.1) is 11.8 Å². The van der Waals surface area contributed by atoms with Crippen molar-refractivity contribution >= 4 is 39.5 Å². The largest absolute Gasteiger partial charge is 0.388 e. The van der Waals surface area contributed by atoms with Crippen molar-refractivity contribution in [1.29, 1.82) is 0 Å². The molecule has 3 unspecified atom stereocenters. The Morgan fingerprint density at radius 1 is 1.22 bits per heavy atom. The van der Waals surface area contributed by atoms with Crippen LogP contribution in [-0.2, 0) is 6.42 Å².